The molecule has 0 aromatic rings. The zero-order valence-electron chi connectivity index (χ0n) is 5.41. The van der Waals surface area contributed by atoms with Crippen LogP contribution >= 0.6 is 0 Å². The molecule has 0 bridgehead atoms. The normalized spacial score (nSPS) is 20.9. The molecule has 1 rings (SSSR count). The number of rotatable bonds is 2. The number of nitrogens with one attached hydrogen (secondary N) is 1. The number of hydrogen-bond donors (Lipinski definition) is 1. The van der Waals surface area contributed by atoms with Gasteiger partial charge in [0.25, 0.3) is 0 Å². The van der Waals surface area contributed by atoms with E-state index in [-0.39, 0.29) is 0 Å². The molecule has 0 aliphatic heterocycles. The zero-order chi connectivity index (χ0) is 5.98. The van der Waals surface area contributed by atoms with Crippen LogP contribution in [-0.4, -0.2) is 13.6 Å². The van der Waals surface area contributed by atoms with Crippen molar-refractivity contribution in [3.05, 3.63) is 12.2 Å². The molecule has 0 spiro atoms. The second-order valence-electron chi connectivity index (χ2n) is 2.58. The molecule has 0 radical (unpaired) electrons. The van der Waals surface area contributed by atoms with Crippen molar-refractivity contribution in [1.29, 1.82) is 0 Å². The third-order valence-electron chi connectivity index (χ3n) is 1.65. The van der Waals surface area contributed by atoms with Gasteiger partial charge in [0.15, 0.2) is 0 Å². The van der Waals surface area contributed by atoms with Crippen molar-refractivity contribution < 1.29 is 0 Å². The summed E-state index contributed by atoms with van der Waals surface area (Å²) >= 11 is 0. The minimum atomic E-state index is 0.896. The summed E-state index contributed by atoms with van der Waals surface area (Å²) in [5, 5.41) is 3.15. The Kier molecular flexibility index (Phi) is 1.69. The van der Waals surface area contributed by atoms with E-state index in [0.717, 1.165) is 5.92 Å². The predicted molar refractivity (Wildman–Crippen MR) is 35.8 cm³/mol. The molecule has 1 fully saturated rings. The Labute approximate surface area is 50.8 Å². The highest BCUT2D eigenvalue weighted by atomic mass is 14.8. The van der Waals surface area contributed by atoms with E-state index >= 15 is 0 Å². The first-order chi connectivity index (χ1) is 3.83. The topological polar surface area (TPSA) is 12.0 Å². The Morgan fingerprint density at radius 1 is 1.75 bits per heavy atom. The van der Waals surface area contributed by atoms with Gasteiger partial charge < -0.3 is 5.32 Å². The van der Waals surface area contributed by atoms with Gasteiger partial charge in [0, 0.05) is 0 Å². The third-order valence-corrected chi connectivity index (χ3v) is 1.65. The van der Waals surface area contributed by atoms with Gasteiger partial charge in [-0.05, 0) is 32.4 Å². The van der Waals surface area contributed by atoms with E-state index in [1.807, 2.05) is 7.05 Å². The second kappa shape index (κ2) is 2.31. The Morgan fingerprint density at radius 3 is 2.75 bits per heavy atom. The Bertz CT molecular complexity index is 88.6. The Hall–Kier alpha value is -0.300. The van der Waals surface area contributed by atoms with E-state index < -0.39 is 0 Å². The lowest BCUT2D eigenvalue weighted by molar-refractivity contribution is 0.405. The molecule has 1 saturated carbocycles. The van der Waals surface area contributed by atoms with E-state index in [2.05, 4.69) is 11.9 Å². The van der Waals surface area contributed by atoms with Crippen molar-refractivity contribution in [2.75, 3.05) is 13.6 Å². The van der Waals surface area contributed by atoms with E-state index in [1.54, 1.807) is 0 Å². The first kappa shape index (κ1) is 5.83. The van der Waals surface area contributed by atoms with E-state index in [0.29, 0.717) is 0 Å². The van der Waals surface area contributed by atoms with Crippen molar-refractivity contribution in [3.63, 3.8) is 0 Å². The fourth-order valence-corrected chi connectivity index (χ4v) is 1.19. The lowest BCUT2D eigenvalue weighted by Crippen LogP contribution is -2.25. The van der Waals surface area contributed by atoms with Gasteiger partial charge >= 0.3 is 0 Å². The molecule has 0 atom stereocenters. The minimum Gasteiger partial charge on any atom is -0.319 e. The molecule has 1 N–H and O–H groups in total. The number of hydrogen-bond acceptors (Lipinski definition) is 1. The maximum Gasteiger partial charge on any atom is -0.00174 e. The van der Waals surface area contributed by atoms with Crippen molar-refractivity contribution in [1.82, 2.24) is 5.32 Å². The van der Waals surface area contributed by atoms with Crippen LogP contribution in [0.2, 0.25) is 0 Å². The van der Waals surface area contributed by atoms with E-state index in [9.17, 15) is 0 Å². The van der Waals surface area contributed by atoms with Crippen LogP contribution in [0.5, 0.6) is 0 Å². The lowest BCUT2D eigenvalue weighted by Gasteiger charge is -2.27. The second-order valence-corrected chi connectivity index (χ2v) is 2.58. The van der Waals surface area contributed by atoms with Crippen molar-refractivity contribution in [3.8, 4) is 0 Å². The van der Waals surface area contributed by atoms with Crippen LogP contribution in [0.25, 0.3) is 0 Å². The Balaban J connectivity index is 2.06. The largest absolute Gasteiger partial charge is 0.319 e. The minimum absolute atomic E-state index is 0.896. The highest BCUT2D eigenvalue weighted by molar-refractivity contribution is 5.07. The highest BCUT2D eigenvalue weighted by Crippen LogP contribution is 2.30. The van der Waals surface area contributed by atoms with Gasteiger partial charge in [-0.25, -0.2) is 0 Å². The smallest absolute Gasteiger partial charge is 0.00174 e. The highest BCUT2D eigenvalue weighted by Gasteiger charge is 2.19. The molecule has 0 heterocycles. The van der Waals surface area contributed by atoms with Crippen molar-refractivity contribution in [2.45, 2.75) is 12.8 Å². The van der Waals surface area contributed by atoms with Gasteiger partial charge in [-0.2, -0.15) is 0 Å². The SMILES string of the molecule is C=C1CC(CNC)C1. The molecule has 0 unspecified atom stereocenters. The quantitative estimate of drug-likeness (QED) is 0.527. The Morgan fingerprint density at radius 2 is 2.38 bits per heavy atom. The first-order valence-electron chi connectivity index (χ1n) is 3.14. The molecule has 1 heteroatoms. The zero-order valence-corrected chi connectivity index (χ0v) is 5.41. The molecule has 1 nitrogen and oxygen atoms in total. The van der Waals surface area contributed by atoms with Gasteiger partial charge in [-0.15, -0.1) is 0 Å². The van der Waals surface area contributed by atoms with Gasteiger partial charge in [-0.1, -0.05) is 12.2 Å². The van der Waals surface area contributed by atoms with E-state index in [4.69, 9.17) is 0 Å². The van der Waals surface area contributed by atoms with Crippen LogP contribution < -0.4 is 5.32 Å². The van der Waals surface area contributed by atoms with Crippen molar-refractivity contribution >= 4 is 0 Å². The van der Waals surface area contributed by atoms with Gasteiger partial charge in [0.2, 0.25) is 0 Å². The monoisotopic (exact) mass is 111 g/mol. The average molecular weight is 111 g/mol. The summed E-state index contributed by atoms with van der Waals surface area (Å²) in [7, 11) is 2.00. The number of allylic oxidation sites excluding steroid dienone is 1. The standard InChI is InChI=1S/C7H13N/c1-6-3-7(4-6)5-8-2/h7-8H,1,3-5H2,2H3. The summed E-state index contributed by atoms with van der Waals surface area (Å²) in [6, 6.07) is 0. The van der Waals surface area contributed by atoms with Crippen LogP contribution in [0.4, 0.5) is 0 Å². The van der Waals surface area contributed by atoms with Crippen LogP contribution in [-0.2, 0) is 0 Å². The van der Waals surface area contributed by atoms with Gasteiger partial charge in [0.05, 0.1) is 0 Å². The molecule has 1 aliphatic rings. The molecule has 0 aromatic heterocycles. The van der Waals surface area contributed by atoms with Gasteiger partial charge in [-0.3, -0.25) is 0 Å². The van der Waals surface area contributed by atoms with Crippen molar-refractivity contribution in [2.24, 2.45) is 5.92 Å². The summed E-state index contributed by atoms with van der Waals surface area (Å²) in [5.74, 6) is 0.896. The maximum atomic E-state index is 3.87. The molecular formula is C7H13N. The molecule has 8 heavy (non-hydrogen) atoms. The first-order valence-corrected chi connectivity index (χ1v) is 3.14. The van der Waals surface area contributed by atoms with Crippen LogP contribution in [0.1, 0.15) is 12.8 Å². The summed E-state index contributed by atoms with van der Waals surface area (Å²) in [6.45, 7) is 5.03. The summed E-state index contributed by atoms with van der Waals surface area (Å²) < 4.78 is 0. The molecule has 46 valence electrons. The van der Waals surface area contributed by atoms with Gasteiger partial charge in [0.1, 0.15) is 0 Å². The fraction of sp³-hybridized carbons (Fsp3) is 0.714. The van der Waals surface area contributed by atoms with Crippen LogP contribution in [0.3, 0.4) is 0 Å². The average Bonchev–Trinajstić information content (AvgIpc) is 1.64. The molecule has 0 amide bonds. The van der Waals surface area contributed by atoms with Crippen LogP contribution in [0, 0.1) is 5.92 Å². The maximum absolute atomic E-state index is 3.87. The molecule has 0 saturated heterocycles. The predicted octanol–water partition coefficient (Wildman–Crippen LogP) is 1.17. The van der Waals surface area contributed by atoms with E-state index in [1.165, 1.54) is 25.0 Å². The lowest BCUT2D eigenvalue weighted by atomic mass is 9.81. The summed E-state index contributed by atoms with van der Waals surface area (Å²) in [4.78, 5) is 0. The molecular weight excluding hydrogens is 98.1 g/mol. The third kappa shape index (κ3) is 1.10. The summed E-state index contributed by atoms with van der Waals surface area (Å²) in [5.41, 5.74) is 1.42. The van der Waals surface area contributed by atoms with Crippen LogP contribution in [0.15, 0.2) is 12.2 Å². The molecule has 1 aliphatic carbocycles. The fourth-order valence-electron chi connectivity index (χ4n) is 1.19. The summed E-state index contributed by atoms with van der Waals surface area (Å²) in [6.07, 6.45) is 2.50. The molecule has 0 aromatic carbocycles.